The van der Waals surface area contributed by atoms with Gasteiger partial charge in [-0.15, -0.1) is 0 Å². The van der Waals surface area contributed by atoms with E-state index in [0.29, 0.717) is 12.2 Å². The number of allylic oxidation sites excluding steroid dienone is 11. The number of aliphatic hydroxyl groups is 3. The van der Waals surface area contributed by atoms with Gasteiger partial charge in [-0.05, 0) is 88.8 Å². The van der Waals surface area contributed by atoms with Crippen molar-refractivity contribution in [3.05, 3.63) is 94.4 Å². The minimum absolute atomic E-state index is 0.0138. The predicted molar refractivity (Wildman–Crippen MR) is 250 cm³/mol. The molecule has 6 nitrogen and oxygen atoms in total. The maximum Gasteiger partial charge on any atom is 0.343 e. The lowest BCUT2D eigenvalue weighted by Crippen LogP contribution is -2.65. The van der Waals surface area contributed by atoms with Crippen molar-refractivity contribution in [2.75, 3.05) is 6.61 Å². The molecular formula is C54H82O6. The Morgan fingerprint density at radius 3 is 1.95 bits per heavy atom. The normalized spacial score (nSPS) is 26.7. The molecule has 1 aliphatic heterocycles. The van der Waals surface area contributed by atoms with Gasteiger partial charge in [0.15, 0.2) is 0 Å². The maximum absolute atomic E-state index is 12.6. The molecular weight excluding hydrogens is 745 g/mol. The van der Waals surface area contributed by atoms with Crippen molar-refractivity contribution in [3.63, 3.8) is 0 Å². The van der Waals surface area contributed by atoms with Gasteiger partial charge in [0.25, 0.3) is 0 Å². The van der Waals surface area contributed by atoms with Gasteiger partial charge in [0, 0.05) is 29.4 Å². The minimum atomic E-state index is -1.64. The summed E-state index contributed by atoms with van der Waals surface area (Å²) in [4.78, 5) is 12.6. The number of cyclic esters (lactones) is 1. The molecule has 1 fully saturated rings. The van der Waals surface area contributed by atoms with Crippen molar-refractivity contribution in [1.29, 1.82) is 0 Å². The molecule has 2 aliphatic carbocycles. The van der Waals surface area contributed by atoms with Crippen LogP contribution in [0.15, 0.2) is 94.4 Å². The average molecular weight is 827 g/mol. The van der Waals surface area contributed by atoms with Crippen LogP contribution >= 0.6 is 0 Å². The van der Waals surface area contributed by atoms with Crippen molar-refractivity contribution >= 4 is 5.97 Å². The summed E-state index contributed by atoms with van der Waals surface area (Å²) in [7, 11) is 0. The highest BCUT2D eigenvalue weighted by molar-refractivity contribution is 5.95. The van der Waals surface area contributed by atoms with Crippen LogP contribution in [-0.2, 0) is 14.3 Å². The Morgan fingerprint density at radius 2 is 1.38 bits per heavy atom. The molecule has 60 heavy (non-hydrogen) atoms. The number of ether oxygens (including phenoxy) is 2. The molecule has 334 valence electrons. The fourth-order valence-corrected chi connectivity index (χ4v) is 9.26. The van der Waals surface area contributed by atoms with E-state index < -0.39 is 28.7 Å². The number of carbonyl (C=O) groups is 1. The quantitative estimate of drug-likeness (QED) is 0.0411. The molecule has 0 radical (unpaired) electrons. The molecule has 0 amide bonds. The van der Waals surface area contributed by atoms with Crippen LogP contribution in [0.25, 0.3) is 0 Å². The lowest BCUT2D eigenvalue weighted by Gasteiger charge is -2.54. The highest BCUT2D eigenvalue weighted by Crippen LogP contribution is 2.50. The Balaban J connectivity index is 1.39. The molecule has 4 unspecified atom stereocenters. The zero-order chi connectivity index (χ0) is 44.2. The van der Waals surface area contributed by atoms with E-state index in [4.69, 9.17) is 9.47 Å². The number of rotatable bonds is 23. The van der Waals surface area contributed by atoms with E-state index in [1.165, 1.54) is 120 Å². The second kappa shape index (κ2) is 25.0. The first-order chi connectivity index (χ1) is 28.4. The van der Waals surface area contributed by atoms with Crippen LogP contribution in [0.1, 0.15) is 184 Å². The number of hydrogen-bond acceptors (Lipinski definition) is 6. The Bertz CT molecular complexity index is 1680. The van der Waals surface area contributed by atoms with Crippen LogP contribution in [0.2, 0.25) is 0 Å². The minimum Gasteiger partial charge on any atom is -0.423 e. The number of hydrogen-bond donors (Lipinski definition) is 3. The van der Waals surface area contributed by atoms with E-state index >= 15 is 0 Å². The highest BCUT2D eigenvalue weighted by atomic mass is 16.5. The van der Waals surface area contributed by atoms with Crippen molar-refractivity contribution < 1.29 is 29.6 Å². The number of unbranched alkanes of at least 4 members (excludes halogenated alkanes) is 14. The molecule has 0 bridgehead atoms. The second-order valence-corrected chi connectivity index (χ2v) is 19.5. The largest absolute Gasteiger partial charge is 0.423 e. The number of esters is 1. The molecule has 0 aromatic carbocycles. The van der Waals surface area contributed by atoms with Gasteiger partial charge in [0.2, 0.25) is 0 Å². The SMILES string of the molecule is CCCCCCCCCCCCCCCCCOC1CC(C)=C(C#CC(C)=CC=CC=CC=C(C)C=C2C=C(C=CC3(O)C(C)(C)CC(O)CC3(C)O)C(=O)O2)C(C)(C)C1. The molecule has 1 heterocycles. The zero-order valence-electron chi connectivity index (χ0n) is 39.1. The monoisotopic (exact) mass is 827 g/mol. The Kier molecular flexibility index (Phi) is 21.3. The molecule has 0 spiro atoms. The average Bonchev–Trinajstić information content (AvgIpc) is 3.50. The Hall–Kier alpha value is -3.21. The summed E-state index contributed by atoms with van der Waals surface area (Å²) in [5.74, 6) is 6.76. The first kappa shape index (κ1) is 51.1. The third kappa shape index (κ3) is 16.6. The molecule has 3 aliphatic rings. The smallest absolute Gasteiger partial charge is 0.343 e. The summed E-state index contributed by atoms with van der Waals surface area (Å²) < 4.78 is 11.8. The van der Waals surface area contributed by atoms with Crippen molar-refractivity contribution in [1.82, 2.24) is 0 Å². The summed E-state index contributed by atoms with van der Waals surface area (Å²) in [6, 6.07) is 0. The number of carbonyl (C=O) groups excluding carboxylic acids is 1. The number of aliphatic hydroxyl groups excluding tert-OH is 1. The summed E-state index contributed by atoms with van der Waals surface area (Å²) in [5, 5.41) is 32.7. The van der Waals surface area contributed by atoms with Crippen LogP contribution in [0.3, 0.4) is 0 Å². The lowest BCUT2D eigenvalue weighted by molar-refractivity contribution is -0.216. The second-order valence-electron chi connectivity index (χ2n) is 19.5. The first-order valence-corrected chi connectivity index (χ1v) is 23.4. The first-order valence-electron chi connectivity index (χ1n) is 23.4. The molecule has 6 heteroatoms. The van der Waals surface area contributed by atoms with E-state index in [1.54, 1.807) is 26.0 Å². The molecule has 3 N–H and O–H groups in total. The zero-order valence-corrected chi connectivity index (χ0v) is 39.1. The van der Waals surface area contributed by atoms with Gasteiger partial charge in [-0.2, -0.15) is 0 Å². The summed E-state index contributed by atoms with van der Waals surface area (Å²) in [5.41, 5.74) is 0.713. The fraction of sp³-hybridized carbons (Fsp3) is 0.648. The highest BCUT2D eigenvalue weighted by Gasteiger charge is 2.58. The van der Waals surface area contributed by atoms with Crippen molar-refractivity contribution in [3.8, 4) is 11.8 Å². The van der Waals surface area contributed by atoms with E-state index in [1.807, 2.05) is 50.3 Å². The Morgan fingerprint density at radius 1 is 0.817 bits per heavy atom. The van der Waals surface area contributed by atoms with E-state index in [0.717, 1.165) is 37.0 Å². The van der Waals surface area contributed by atoms with E-state index in [-0.39, 0.29) is 23.5 Å². The maximum atomic E-state index is 12.6. The molecule has 3 rings (SSSR count). The topological polar surface area (TPSA) is 96.2 Å². The molecule has 0 saturated heterocycles. The third-order valence-electron chi connectivity index (χ3n) is 12.8. The van der Waals surface area contributed by atoms with Gasteiger partial charge < -0.3 is 24.8 Å². The molecule has 4 atom stereocenters. The Labute approximate surface area is 365 Å². The molecule has 1 saturated carbocycles. The van der Waals surface area contributed by atoms with Gasteiger partial charge in [-0.3, -0.25) is 0 Å². The fourth-order valence-electron chi connectivity index (χ4n) is 9.26. The summed E-state index contributed by atoms with van der Waals surface area (Å²) in [6.45, 7) is 19.0. The van der Waals surface area contributed by atoms with Crippen LogP contribution < -0.4 is 0 Å². The van der Waals surface area contributed by atoms with Gasteiger partial charge in [-0.1, -0.05) is 178 Å². The van der Waals surface area contributed by atoms with Crippen LogP contribution in [0.4, 0.5) is 0 Å². The van der Waals surface area contributed by atoms with Crippen LogP contribution in [0.5, 0.6) is 0 Å². The third-order valence-corrected chi connectivity index (χ3v) is 12.8. The van der Waals surface area contributed by atoms with Gasteiger partial charge in [0.1, 0.15) is 11.4 Å². The van der Waals surface area contributed by atoms with E-state index in [2.05, 4.69) is 39.5 Å². The standard InChI is InChI=1S/C54H82O6/c1-10-11-12-13-14-15-16-17-18-19-20-21-22-25-28-35-59-48-37-44(4)49(51(5,6)41-48)32-31-42(2)29-26-23-24-27-30-43(3)36-47-38-45(50(56)60-47)33-34-54(58)52(7,8)39-46(55)40-53(54,9)57/h23-24,26-27,29-30,33-34,36,38,46,48,55,57-58H,10-22,25,28,35,37,39-41H2,1-9H3. The van der Waals surface area contributed by atoms with Crippen LogP contribution in [-0.4, -0.2) is 51.3 Å². The lowest BCUT2D eigenvalue weighted by atomic mass is 9.57. The van der Waals surface area contributed by atoms with Gasteiger partial charge in [-0.25, -0.2) is 4.79 Å². The molecule has 0 aromatic rings. The molecule has 0 aromatic heterocycles. The van der Waals surface area contributed by atoms with E-state index in [9.17, 15) is 20.1 Å². The predicted octanol–water partition coefficient (Wildman–Crippen LogP) is 13.0. The van der Waals surface area contributed by atoms with Gasteiger partial charge >= 0.3 is 5.97 Å². The van der Waals surface area contributed by atoms with Crippen molar-refractivity contribution in [2.24, 2.45) is 10.8 Å². The van der Waals surface area contributed by atoms with Crippen molar-refractivity contribution in [2.45, 2.75) is 208 Å². The van der Waals surface area contributed by atoms with Crippen LogP contribution in [0, 0.1) is 22.7 Å². The summed E-state index contributed by atoms with van der Waals surface area (Å²) >= 11 is 0. The summed E-state index contributed by atoms with van der Waals surface area (Å²) in [6.07, 6.45) is 40.6. The van der Waals surface area contributed by atoms with Gasteiger partial charge in [0.05, 0.1) is 23.4 Å².